The lowest BCUT2D eigenvalue weighted by Crippen LogP contribution is -2.42. The quantitative estimate of drug-likeness (QED) is 0.526. The fourth-order valence-electron chi connectivity index (χ4n) is 1.19. The summed E-state index contributed by atoms with van der Waals surface area (Å²) in [7, 11) is 0. The van der Waals surface area contributed by atoms with Crippen LogP contribution in [0.3, 0.4) is 0 Å². The van der Waals surface area contributed by atoms with Crippen molar-refractivity contribution in [2.75, 3.05) is 32.7 Å². The lowest BCUT2D eigenvalue weighted by atomic mass is 10.4. The molecule has 0 aromatic rings. The summed E-state index contributed by atoms with van der Waals surface area (Å²) in [6, 6.07) is -0.0288. The number of nitrogens with zero attached hydrogens (tertiary/aromatic N) is 1. The van der Waals surface area contributed by atoms with E-state index in [0.717, 1.165) is 13.1 Å². The molecule has 90 valence electrons. The molecule has 0 saturated heterocycles. The van der Waals surface area contributed by atoms with Gasteiger partial charge in [-0.05, 0) is 20.8 Å². The first kappa shape index (κ1) is 14.2. The second kappa shape index (κ2) is 8.49. The van der Waals surface area contributed by atoms with E-state index in [2.05, 4.69) is 10.6 Å². The lowest BCUT2D eigenvalue weighted by molar-refractivity contribution is 0.190. The number of nitrogens with one attached hydrogen (secondary N) is 2. The molecule has 0 fully saturated rings. The molecule has 1 unspecified atom stereocenters. The summed E-state index contributed by atoms with van der Waals surface area (Å²) in [5.41, 5.74) is 0. The summed E-state index contributed by atoms with van der Waals surface area (Å²) in [6.45, 7) is 8.90. The Morgan fingerprint density at radius 2 is 1.93 bits per heavy atom. The molecule has 0 radical (unpaired) electrons. The number of hydrogen-bond donors (Lipinski definition) is 3. The third-order valence-electron chi connectivity index (χ3n) is 2.07. The zero-order valence-corrected chi connectivity index (χ0v) is 9.92. The van der Waals surface area contributed by atoms with Crippen LogP contribution >= 0.6 is 0 Å². The third kappa shape index (κ3) is 7.16. The molecule has 0 bridgehead atoms. The number of aliphatic hydroxyl groups excluding tert-OH is 1. The lowest BCUT2D eigenvalue weighted by Gasteiger charge is -2.19. The van der Waals surface area contributed by atoms with Crippen LogP contribution in [-0.2, 0) is 0 Å². The molecule has 0 saturated carbocycles. The van der Waals surface area contributed by atoms with E-state index in [1.165, 1.54) is 0 Å². The Morgan fingerprint density at radius 3 is 2.40 bits per heavy atom. The number of aliphatic hydroxyl groups is 1. The van der Waals surface area contributed by atoms with Gasteiger partial charge in [-0.2, -0.15) is 0 Å². The van der Waals surface area contributed by atoms with Gasteiger partial charge in [0, 0.05) is 32.7 Å². The van der Waals surface area contributed by atoms with Crippen LogP contribution in [0.2, 0.25) is 0 Å². The van der Waals surface area contributed by atoms with E-state index in [9.17, 15) is 4.79 Å². The molecule has 0 spiro atoms. The zero-order chi connectivity index (χ0) is 11.7. The van der Waals surface area contributed by atoms with Crippen molar-refractivity contribution in [1.82, 2.24) is 15.5 Å². The predicted octanol–water partition coefficient (Wildman–Crippen LogP) is 0.00820. The van der Waals surface area contributed by atoms with Crippen LogP contribution in [-0.4, -0.2) is 54.9 Å². The maximum absolute atomic E-state index is 11.4. The summed E-state index contributed by atoms with van der Waals surface area (Å²) in [4.78, 5) is 13.2. The number of hydrogen-bond acceptors (Lipinski definition) is 3. The molecule has 2 amide bonds. The van der Waals surface area contributed by atoms with Crippen LogP contribution in [0.5, 0.6) is 0 Å². The van der Waals surface area contributed by atoms with Crippen molar-refractivity contribution in [3.05, 3.63) is 0 Å². The van der Waals surface area contributed by atoms with Gasteiger partial charge in [-0.25, -0.2) is 4.79 Å². The molecule has 0 aliphatic heterocycles. The summed E-state index contributed by atoms with van der Waals surface area (Å²) in [5, 5.41) is 14.8. The van der Waals surface area contributed by atoms with Crippen LogP contribution in [0.1, 0.15) is 20.8 Å². The molecule has 0 aliphatic carbocycles. The van der Waals surface area contributed by atoms with Crippen LogP contribution in [0.15, 0.2) is 0 Å². The summed E-state index contributed by atoms with van der Waals surface area (Å²) < 4.78 is 0. The minimum Gasteiger partial charge on any atom is -0.392 e. The standard InChI is InChI=1S/C10H23N3O2/c1-4-13(5-2)10(15)12-7-6-11-8-9(3)14/h9,11,14H,4-8H2,1-3H3,(H,12,15). The molecule has 3 N–H and O–H groups in total. The monoisotopic (exact) mass is 217 g/mol. The first-order chi connectivity index (χ1) is 7.11. The highest BCUT2D eigenvalue weighted by atomic mass is 16.3. The summed E-state index contributed by atoms with van der Waals surface area (Å²) in [5.74, 6) is 0. The van der Waals surface area contributed by atoms with Crippen LogP contribution in [0.25, 0.3) is 0 Å². The molecular formula is C10H23N3O2. The van der Waals surface area contributed by atoms with Crippen molar-refractivity contribution in [3.63, 3.8) is 0 Å². The second-order valence-corrected chi connectivity index (χ2v) is 3.46. The Kier molecular flexibility index (Phi) is 8.04. The highest BCUT2D eigenvalue weighted by Gasteiger charge is 2.06. The van der Waals surface area contributed by atoms with Gasteiger partial charge < -0.3 is 20.6 Å². The van der Waals surface area contributed by atoms with E-state index >= 15 is 0 Å². The Balaban J connectivity index is 3.46. The van der Waals surface area contributed by atoms with Gasteiger partial charge in [-0.15, -0.1) is 0 Å². The van der Waals surface area contributed by atoms with E-state index in [0.29, 0.717) is 19.6 Å². The smallest absolute Gasteiger partial charge is 0.317 e. The predicted molar refractivity (Wildman–Crippen MR) is 60.9 cm³/mol. The highest BCUT2D eigenvalue weighted by Crippen LogP contribution is 1.86. The SMILES string of the molecule is CCN(CC)C(=O)NCCNCC(C)O. The molecule has 0 aromatic carbocycles. The normalized spacial score (nSPS) is 12.3. The third-order valence-corrected chi connectivity index (χ3v) is 2.07. The second-order valence-electron chi connectivity index (χ2n) is 3.46. The van der Waals surface area contributed by atoms with Gasteiger partial charge in [-0.1, -0.05) is 0 Å². The zero-order valence-electron chi connectivity index (χ0n) is 9.92. The first-order valence-corrected chi connectivity index (χ1v) is 5.53. The largest absolute Gasteiger partial charge is 0.392 e. The number of rotatable bonds is 7. The van der Waals surface area contributed by atoms with Gasteiger partial charge in [0.15, 0.2) is 0 Å². The van der Waals surface area contributed by atoms with Gasteiger partial charge in [0.25, 0.3) is 0 Å². The molecule has 0 heterocycles. The van der Waals surface area contributed by atoms with E-state index in [1.807, 2.05) is 13.8 Å². The Hall–Kier alpha value is -0.810. The molecular weight excluding hydrogens is 194 g/mol. The van der Waals surface area contributed by atoms with Crippen molar-refractivity contribution in [2.24, 2.45) is 0 Å². The Bertz CT molecular complexity index is 170. The Morgan fingerprint density at radius 1 is 1.33 bits per heavy atom. The maximum Gasteiger partial charge on any atom is 0.317 e. The molecule has 5 nitrogen and oxygen atoms in total. The van der Waals surface area contributed by atoms with Crippen LogP contribution in [0, 0.1) is 0 Å². The number of urea groups is 1. The summed E-state index contributed by atoms with van der Waals surface area (Å²) >= 11 is 0. The maximum atomic E-state index is 11.4. The topological polar surface area (TPSA) is 64.6 Å². The van der Waals surface area contributed by atoms with Gasteiger partial charge in [0.2, 0.25) is 0 Å². The number of amides is 2. The van der Waals surface area contributed by atoms with Crippen LogP contribution < -0.4 is 10.6 Å². The van der Waals surface area contributed by atoms with Gasteiger partial charge in [-0.3, -0.25) is 0 Å². The molecule has 5 heteroatoms. The number of carbonyl (C=O) groups is 1. The van der Waals surface area contributed by atoms with Gasteiger partial charge in [0.05, 0.1) is 6.10 Å². The van der Waals surface area contributed by atoms with E-state index in [4.69, 9.17) is 5.11 Å². The van der Waals surface area contributed by atoms with Crippen molar-refractivity contribution >= 4 is 6.03 Å². The molecule has 0 aromatic heterocycles. The van der Waals surface area contributed by atoms with E-state index in [-0.39, 0.29) is 12.1 Å². The molecule has 1 atom stereocenters. The molecule has 0 rings (SSSR count). The van der Waals surface area contributed by atoms with E-state index in [1.54, 1.807) is 11.8 Å². The summed E-state index contributed by atoms with van der Waals surface area (Å²) in [6.07, 6.45) is -0.344. The van der Waals surface area contributed by atoms with Crippen molar-refractivity contribution in [2.45, 2.75) is 26.9 Å². The minimum absolute atomic E-state index is 0.0288. The van der Waals surface area contributed by atoms with E-state index < -0.39 is 0 Å². The average Bonchev–Trinajstić information content (AvgIpc) is 2.18. The first-order valence-electron chi connectivity index (χ1n) is 5.53. The van der Waals surface area contributed by atoms with Crippen molar-refractivity contribution < 1.29 is 9.90 Å². The Labute approximate surface area is 91.8 Å². The fourth-order valence-corrected chi connectivity index (χ4v) is 1.19. The average molecular weight is 217 g/mol. The molecule has 15 heavy (non-hydrogen) atoms. The van der Waals surface area contributed by atoms with Crippen molar-refractivity contribution in [1.29, 1.82) is 0 Å². The number of carbonyl (C=O) groups excluding carboxylic acids is 1. The fraction of sp³-hybridized carbons (Fsp3) is 0.900. The van der Waals surface area contributed by atoms with Crippen LogP contribution in [0.4, 0.5) is 4.79 Å². The highest BCUT2D eigenvalue weighted by molar-refractivity contribution is 5.73. The van der Waals surface area contributed by atoms with Gasteiger partial charge >= 0.3 is 6.03 Å². The molecule has 0 aliphatic rings. The van der Waals surface area contributed by atoms with Crippen molar-refractivity contribution in [3.8, 4) is 0 Å². The van der Waals surface area contributed by atoms with Gasteiger partial charge in [0.1, 0.15) is 0 Å². The minimum atomic E-state index is -0.344.